The Morgan fingerprint density at radius 3 is 2.48 bits per heavy atom. The molecular weight excluding hydrogens is 381 g/mol. The number of fused-ring (bicyclic) bond motifs is 1. The van der Waals surface area contributed by atoms with E-state index in [1.165, 1.54) is 23.8 Å². The number of carbonyl (C=O) groups excluding carboxylic acids is 1. The third kappa shape index (κ3) is 4.17. The van der Waals surface area contributed by atoms with E-state index in [0.717, 1.165) is 12.0 Å². The number of rotatable bonds is 4. The molecule has 1 aliphatic rings. The van der Waals surface area contributed by atoms with Gasteiger partial charge >= 0.3 is 0 Å². The smallest absolute Gasteiger partial charge is 0.223 e. The maximum absolute atomic E-state index is 12.4. The summed E-state index contributed by atoms with van der Waals surface area (Å²) in [5.41, 5.74) is 2.37. The molecule has 0 N–H and O–H groups in total. The van der Waals surface area contributed by atoms with E-state index in [9.17, 15) is 13.2 Å². The van der Waals surface area contributed by atoms with Crippen molar-refractivity contribution in [3.63, 3.8) is 0 Å². The van der Waals surface area contributed by atoms with Crippen LogP contribution < -0.4 is 0 Å². The molecule has 1 amide bonds. The third-order valence-corrected chi connectivity index (χ3v) is 6.77. The first-order valence-corrected chi connectivity index (χ1v) is 10.3. The maximum atomic E-state index is 12.4. The molecule has 0 aromatic heterocycles. The van der Waals surface area contributed by atoms with Crippen LogP contribution in [0.5, 0.6) is 0 Å². The van der Waals surface area contributed by atoms with E-state index in [2.05, 4.69) is 6.07 Å². The van der Waals surface area contributed by atoms with Gasteiger partial charge in [-0.2, -0.15) is 0 Å². The van der Waals surface area contributed by atoms with Gasteiger partial charge in [0.25, 0.3) is 0 Å². The summed E-state index contributed by atoms with van der Waals surface area (Å²) in [7, 11) is -3.58. The van der Waals surface area contributed by atoms with E-state index in [4.69, 9.17) is 23.2 Å². The Hall–Kier alpha value is -1.56. The Morgan fingerprint density at radius 1 is 1.04 bits per heavy atom. The molecule has 0 spiro atoms. The molecule has 3 rings (SSSR count). The van der Waals surface area contributed by atoms with Crippen molar-refractivity contribution in [3.8, 4) is 0 Å². The van der Waals surface area contributed by atoms with Gasteiger partial charge in [0.05, 0.1) is 20.7 Å². The third-order valence-electron chi connectivity index (χ3n) is 4.32. The standard InChI is InChI=1S/C18H17Cl2NO3S/c19-16-6-5-15(11-17(16)20)25(23,24)10-8-18(22)21-9-7-13-3-1-2-4-14(13)12-21/h1-6,11H,7-10,12H2. The summed E-state index contributed by atoms with van der Waals surface area (Å²) in [5, 5.41) is 0.477. The summed E-state index contributed by atoms with van der Waals surface area (Å²) < 4.78 is 24.8. The number of benzene rings is 2. The van der Waals surface area contributed by atoms with Crippen molar-refractivity contribution in [1.29, 1.82) is 0 Å². The molecule has 7 heteroatoms. The fourth-order valence-corrected chi connectivity index (χ4v) is 4.49. The van der Waals surface area contributed by atoms with Crippen molar-refractivity contribution in [3.05, 3.63) is 63.6 Å². The lowest BCUT2D eigenvalue weighted by molar-refractivity contribution is -0.131. The summed E-state index contributed by atoms with van der Waals surface area (Å²) >= 11 is 11.7. The van der Waals surface area contributed by atoms with Crippen LogP contribution in [0.4, 0.5) is 0 Å². The van der Waals surface area contributed by atoms with Gasteiger partial charge in [-0.25, -0.2) is 8.42 Å². The minimum atomic E-state index is -3.58. The normalized spacial score (nSPS) is 14.2. The monoisotopic (exact) mass is 397 g/mol. The average molecular weight is 398 g/mol. The van der Waals surface area contributed by atoms with Crippen molar-refractivity contribution in [2.45, 2.75) is 24.3 Å². The Kier molecular flexibility index (Phi) is 5.37. The molecule has 132 valence electrons. The van der Waals surface area contributed by atoms with Crippen molar-refractivity contribution in [2.75, 3.05) is 12.3 Å². The molecule has 4 nitrogen and oxygen atoms in total. The van der Waals surface area contributed by atoms with Crippen LogP contribution >= 0.6 is 23.2 Å². The summed E-state index contributed by atoms with van der Waals surface area (Å²) in [5.74, 6) is -0.403. The van der Waals surface area contributed by atoms with E-state index in [0.29, 0.717) is 18.1 Å². The van der Waals surface area contributed by atoms with Gasteiger partial charge in [-0.05, 0) is 35.7 Å². The summed E-state index contributed by atoms with van der Waals surface area (Å²) in [6.45, 7) is 1.14. The molecule has 0 unspecified atom stereocenters. The van der Waals surface area contributed by atoms with Crippen LogP contribution in [-0.4, -0.2) is 31.5 Å². The van der Waals surface area contributed by atoms with Crippen LogP contribution in [-0.2, 0) is 27.6 Å². The van der Waals surface area contributed by atoms with Gasteiger partial charge in [-0.1, -0.05) is 47.5 Å². The highest BCUT2D eigenvalue weighted by molar-refractivity contribution is 7.91. The van der Waals surface area contributed by atoms with Gasteiger partial charge < -0.3 is 4.90 Å². The minimum absolute atomic E-state index is 0.0508. The second-order valence-electron chi connectivity index (χ2n) is 5.98. The van der Waals surface area contributed by atoms with E-state index in [1.807, 2.05) is 18.2 Å². The topological polar surface area (TPSA) is 54.5 Å². The molecule has 0 aliphatic carbocycles. The molecule has 0 saturated heterocycles. The number of sulfone groups is 1. The molecule has 0 radical (unpaired) electrons. The summed E-state index contributed by atoms with van der Waals surface area (Å²) in [6, 6.07) is 12.2. The summed E-state index contributed by atoms with van der Waals surface area (Å²) in [4.78, 5) is 14.2. The Balaban J connectivity index is 1.65. The van der Waals surface area contributed by atoms with Crippen LogP contribution in [0.15, 0.2) is 47.4 Å². The second kappa shape index (κ2) is 7.36. The second-order valence-corrected chi connectivity index (χ2v) is 8.90. The number of amides is 1. The highest BCUT2D eigenvalue weighted by Gasteiger charge is 2.23. The zero-order valence-corrected chi connectivity index (χ0v) is 15.7. The Morgan fingerprint density at radius 2 is 1.76 bits per heavy atom. The highest BCUT2D eigenvalue weighted by Crippen LogP contribution is 2.26. The van der Waals surface area contributed by atoms with Gasteiger partial charge in [-0.3, -0.25) is 4.79 Å². The molecule has 2 aromatic rings. The highest BCUT2D eigenvalue weighted by atomic mass is 35.5. The molecule has 0 fully saturated rings. The lowest BCUT2D eigenvalue weighted by atomic mass is 10.00. The number of hydrogen-bond donors (Lipinski definition) is 0. The molecule has 2 aromatic carbocycles. The Bertz CT molecular complexity index is 912. The van der Waals surface area contributed by atoms with E-state index < -0.39 is 9.84 Å². The molecule has 0 bridgehead atoms. The van der Waals surface area contributed by atoms with Crippen LogP contribution in [0.25, 0.3) is 0 Å². The number of carbonyl (C=O) groups is 1. The van der Waals surface area contributed by atoms with Crippen LogP contribution in [0, 0.1) is 0 Å². The van der Waals surface area contributed by atoms with Crippen molar-refractivity contribution >= 4 is 38.9 Å². The first-order valence-electron chi connectivity index (χ1n) is 7.89. The van der Waals surface area contributed by atoms with Gasteiger partial charge in [0.2, 0.25) is 5.91 Å². The fourth-order valence-electron chi connectivity index (χ4n) is 2.88. The van der Waals surface area contributed by atoms with Gasteiger partial charge in [0.15, 0.2) is 9.84 Å². The van der Waals surface area contributed by atoms with Crippen LogP contribution in [0.3, 0.4) is 0 Å². The molecule has 1 heterocycles. The first-order chi connectivity index (χ1) is 11.9. The first kappa shape index (κ1) is 18.2. The number of hydrogen-bond acceptors (Lipinski definition) is 3. The van der Waals surface area contributed by atoms with Crippen molar-refractivity contribution < 1.29 is 13.2 Å². The number of nitrogens with zero attached hydrogens (tertiary/aromatic N) is 1. The predicted molar refractivity (Wildman–Crippen MR) is 98.7 cm³/mol. The largest absolute Gasteiger partial charge is 0.338 e. The van der Waals surface area contributed by atoms with E-state index in [1.54, 1.807) is 4.90 Å². The quantitative estimate of drug-likeness (QED) is 0.789. The predicted octanol–water partition coefficient (Wildman–Crippen LogP) is 3.74. The van der Waals surface area contributed by atoms with E-state index >= 15 is 0 Å². The van der Waals surface area contributed by atoms with Gasteiger partial charge in [0.1, 0.15) is 0 Å². The Labute approximate surface area is 157 Å². The van der Waals surface area contributed by atoms with Crippen molar-refractivity contribution in [2.24, 2.45) is 0 Å². The molecule has 0 saturated carbocycles. The number of halogens is 2. The lowest BCUT2D eigenvalue weighted by Gasteiger charge is -2.29. The fraction of sp³-hybridized carbons (Fsp3) is 0.278. The van der Waals surface area contributed by atoms with Crippen molar-refractivity contribution in [1.82, 2.24) is 4.90 Å². The lowest BCUT2D eigenvalue weighted by Crippen LogP contribution is -2.36. The van der Waals surface area contributed by atoms with E-state index in [-0.39, 0.29) is 28.0 Å². The zero-order valence-electron chi connectivity index (χ0n) is 13.4. The molecule has 1 aliphatic heterocycles. The maximum Gasteiger partial charge on any atom is 0.223 e. The molecular formula is C18H17Cl2NO3S. The SMILES string of the molecule is O=C(CCS(=O)(=O)c1ccc(Cl)c(Cl)c1)N1CCc2ccccc2C1. The van der Waals surface area contributed by atoms with Crippen LogP contribution in [0.2, 0.25) is 10.0 Å². The average Bonchev–Trinajstić information content (AvgIpc) is 2.61. The minimum Gasteiger partial charge on any atom is -0.338 e. The molecule has 0 atom stereocenters. The van der Waals surface area contributed by atoms with Crippen LogP contribution in [0.1, 0.15) is 17.5 Å². The molecule has 25 heavy (non-hydrogen) atoms. The van der Waals surface area contributed by atoms with Gasteiger partial charge in [-0.15, -0.1) is 0 Å². The zero-order chi connectivity index (χ0) is 18.0. The summed E-state index contributed by atoms with van der Waals surface area (Å²) in [6.07, 6.45) is 0.742. The van der Waals surface area contributed by atoms with Gasteiger partial charge in [0, 0.05) is 19.5 Å².